The van der Waals surface area contributed by atoms with Gasteiger partial charge in [-0.15, -0.1) is 0 Å². The highest BCUT2D eigenvalue weighted by molar-refractivity contribution is 4.90. The lowest BCUT2D eigenvalue weighted by atomic mass is 9.83. The second-order valence-corrected chi connectivity index (χ2v) is 6.16. The van der Waals surface area contributed by atoms with Gasteiger partial charge in [0, 0.05) is 25.2 Å². The molecule has 0 aromatic carbocycles. The van der Waals surface area contributed by atoms with E-state index in [2.05, 4.69) is 31.1 Å². The molecule has 0 aromatic heterocycles. The summed E-state index contributed by atoms with van der Waals surface area (Å²) < 4.78 is 0. The van der Waals surface area contributed by atoms with E-state index in [0.717, 1.165) is 12.1 Å². The summed E-state index contributed by atoms with van der Waals surface area (Å²) >= 11 is 0. The van der Waals surface area contributed by atoms with Crippen molar-refractivity contribution in [2.24, 2.45) is 5.41 Å². The summed E-state index contributed by atoms with van der Waals surface area (Å²) in [7, 11) is 2.25. The fourth-order valence-corrected chi connectivity index (χ4v) is 3.48. The van der Waals surface area contributed by atoms with Gasteiger partial charge in [0.2, 0.25) is 0 Å². The van der Waals surface area contributed by atoms with E-state index in [0.29, 0.717) is 5.41 Å². The van der Waals surface area contributed by atoms with Gasteiger partial charge in [-0.2, -0.15) is 0 Å². The lowest BCUT2D eigenvalue weighted by Gasteiger charge is -2.29. The largest absolute Gasteiger partial charge is 0.312 e. The van der Waals surface area contributed by atoms with Crippen molar-refractivity contribution in [3.05, 3.63) is 0 Å². The minimum Gasteiger partial charge on any atom is -0.312 e. The molecular formula is C14H28N2. The van der Waals surface area contributed by atoms with Crippen LogP contribution >= 0.6 is 0 Å². The summed E-state index contributed by atoms with van der Waals surface area (Å²) in [6, 6.07) is 1.50. The first-order chi connectivity index (χ1) is 7.65. The Hall–Kier alpha value is -0.0800. The number of likely N-dealkylation sites (tertiary alicyclic amines) is 1. The molecule has 2 heteroatoms. The Morgan fingerprint density at radius 2 is 2.00 bits per heavy atom. The number of hydrogen-bond acceptors (Lipinski definition) is 2. The fraction of sp³-hybridized carbons (Fsp3) is 1.00. The Morgan fingerprint density at radius 1 is 1.31 bits per heavy atom. The van der Waals surface area contributed by atoms with Crippen LogP contribution in [-0.2, 0) is 0 Å². The predicted molar refractivity (Wildman–Crippen MR) is 69.7 cm³/mol. The average molecular weight is 224 g/mol. The third-order valence-electron chi connectivity index (χ3n) is 5.07. The molecule has 0 aromatic rings. The maximum Gasteiger partial charge on any atom is 0.0210 e. The highest BCUT2D eigenvalue weighted by Crippen LogP contribution is 2.40. The first kappa shape index (κ1) is 12.4. The second kappa shape index (κ2) is 5.05. The van der Waals surface area contributed by atoms with E-state index in [1.54, 1.807) is 0 Å². The van der Waals surface area contributed by atoms with Crippen LogP contribution in [0.1, 0.15) is 52.4 Å². The van der Waals surface area contributed by atoms with Gasteiger partial charge in [-0.3, -0.25) is 0 Å². The summed E-state index contributed by atoms with van der Waals surface area (Å²) in [5.41, 5.74) is 0.643. The number of nitrogens with one attached hydrogen (secondary N) is 1. The predicted octanol–water partition coefficient (Wildman–Crippen LogP) is 2.64. The molecule has 1 saturated carbocycles. The molecule has 2 fully saturated rings. The molecule has 1 saturated heterocycles. The van der Waals surface area contributed by atoms with Crippen LogP contribution in [0, 0.1) is 5.41 Å². The SMILES string of the molecule is CCC1(CNC2CC(C)N(C)C2)CCCC1. The van der Waals surface area contributed by atoms with Crippen molar-refractivity contribution >= 4 is 0 Å². The topological polar surface area (TPSA) is 15.3 Å². The van der Waals surface area contributed by atoms with Crippen molar-refractivity contribution in [2.75, 3.05) is 20.1 Å². The van der Waals surface area contributed by atoms with Gasteiger partial charge >= 0.3 is 0 Å². The maximum absolute atomic E-state index is 3.83. The molecule has 1 N–H and O–H groups in total. The molecule has 0 amide bonds. The number of hydrogen-bond donors (Lipinski definition) is 1. The molecule has 0 spiro atoms. The standard InChI is InChI=1S/C14H28N2/c1-4-14(7-5-6-8-14)11-15-13-9-12(2)16(3)10-13/h12-13,15H,4-11H2,1-3H3. The van der Waals surface area contributed by atoms with Gasteiger partial charge in [0.25, 0.3) is 0 Å². The quantitative estimate of drug-likeness (QED) is 0.790. The summed E-state index contributed by atoms with van der Waals surface area (Å²) in [6.45, 7) is 7.21. The van der Waals surface area contributed by atoms with Crippen LogP contribution in [0.2, 0.25) is 0 Å². The van der Waals surface area contributed by atoms with Crippen LogP contribution in [-0.4, -0.2) is 37.1 Å². The summed E-state index contributed by atoms with van der Waals surface area (Å²) in [4.78, 5) is 2.48. The van der Waals surface area contributed by atoms with E-state index in [1.165, 1.54) is 51.6 Å². The van der Waals surface area contributed by atoms with Crippen molar-refractivity contribution in [1.82, 2.24) is 10.2 Å². The zero-order chi connectivity index (χ0) is 11.6. The first-order valence-electron chi connectivity index (χ1n) is 7.09. The molecule has 2 rings (SSSR count). The van der Waals surface area contributed by atoms with Crippen molar-refractivity contribution in [2.45, 2.75) is 64.5 Å². The van der Waals surface area contributed by atoms with Gasteiger partial charge in [0.15, 0.2) is 0 Å². The molecule has 2 unspecified atom stereocenters. The number of nitrogens with zero attached hydrogens (tertiary/aromatic N) is 1. The van der Waals surface area contributed by atoms with Crippen LogP contribution in [0.5, 0.6) is 0 Å². The van der Waals surface area contributed by atoms with Crippen molar-refractivity contribution in [3.63, 3.8) is 0 Å². The fourth-order valence-electron chi connectivity index (χ4n) is 3.48. The molecule has 94 valence electrons. The summed E-state index contributed by atoms with van der Waals surface area (Å²) in [6.07, 6.45) is 8.50. The molecule has 2 nitrogen and oxygen atoms in total. The number of likely N-dealkylation sites (N-methyl/N-ethyl adjacent to an activating group) is 1. The third-order valence-corrected chi connectivity index (χ3v) is 5.07. The maximum atomic E-state index is 3.83. The van der Waals surface area contributed by atoms with Gasteiger partial charge in [0.1, 0.15) is 0 Å². The van der Waals surface area contributed by atoms with Crippen molar-refractivity contribution < 1.29 is 0 Å². The first-order valence-corrected chi connectivity index (χ1v) is 7.09. The molecule has 1 heterocycles. The molecule has 0 radical (unpaired) electrons. The Bertz CT molecular complexity index is 211. The highest BCUT2D eigenvalue weighted by atomic mass is 15.2. The molecule has 16 heavy (non-hydrogen) atoms. The van der Waals surface area contributed by atoms with Crippen LogP contribution in [0.4, 0.5) is 0 Å². The van der Waals surface area contributed by atoms with E-state index < -0.39 is 0 Å². The minimum atomic E-state index is 0.643. The lowest BCUT2D eigenvalue weighted by molar-refractivity contribution is 0.254. The zero-order valence-electron chi connectivity index (χ0n) is 11.3. The molecule has 1 aliphatic heterocycles. The van der Waals surface area contributed by atoms with Gasteiger partial charge in [-0.05, 0) is 45.1 Å². The average Bonchev–Trinajstić information content (AvgIpc) is 2.85. The van der Waals surface area contributed by atoms with E-state index in [-0.39, 0.29) is 0 Å². The minimum absolute atomic E-state index is 0.643. The summed E-state index contributed by atoms with van der Waals surface area (Å²) in [5.74, 6) is 0. The molecule has 2 aliphatic rings. The number of rotatable bonds is 4. The van der Waals surface area contributed by atoms with Crippen LogP contribution in [0.25, 0.3) is 0 Å². The van der Waals surface area contributed by atoms with Crippen LogP contribution < -0.4 is 5.32 Å². The smallest absolute Gasteiger partial charge is 0.0210 e. The highest BCUT2D eigenvalue weighted by Gasteiger charge is 2.33. The molecule has 0 bridgehead atoms. The van der Waals surface area contributed by atoms with E-state index in [1.807, 2.05) is 0 Å². The third kappa shape index (κ3) is 2.60. The van der Waals surface area contributed by atoms with Gasteiger partial charge < -0.3 is 10.2 Å². The Kier molecular flexibility index (Phi) is 3.91. The van der Waals surface area contributed by atoms with Gasteiger partial charge in [-0.25, -0.2) is 0 Å². The Morgan fingerprint density at radius 3 is 2.50 bits per heavy atom. The Labute approximate surface area is 101 Å². The van der Waals surface area contributed by atoms with Crippen LogP contribution in [0.3, 0.4) is 0 Å². The monoisotopic (exact) mass is 224 g/mol. The normalized spacial score (nSPS) is 34.7. The zero-order valence-corrected chi connectivity index (χ0v) is 11.3. The van der Waals surface area contributed by atoms with E-state index in [9.17, 15) is 0 Å². The summed E-state index contributed by atoms with van der Waals surface area (Å²) in [5, 5.41) is 3.83. The van der Waals surface area contributed by atoms with Gasteiger partial charge in [-0.1, -0.05) is 19.8 Å². The molecule has 2 atom stereocenters. The van der Waals surface area contributed by atoms with Crippen molar-refractivity contribution in [3.8, 4) is 0 Å². The van der Waals surface area contributed by atoms with Crippen LogP contribution in [0.15, 0.2) is 0 Å². The molecular weight excluding hydrogens is 196 g/mol. The van der Waals surface area contributed by atoms with E-state index in [4.69, 9.17) is 0 Å². The Balaban J connectivity index is 1.78. The van der Waals surface area contributed by atoms with Gasteiger partial charge in [0.05, 0.1) is 0 Å². The van der Waals surface area contributed by atoms with Crippen molar-refractivity contribution in [1.29, 1.82) is 0 Å². The van der Waals surface area contributed by atoms with E-state index >= 15 is 0 Å². The lowest BCUT2D eigenvalue weighted by Crippen LogP contribution is -2.39. The second-order valence-electron chi connectivity index (χ2n) is 6.16. The molecule has 1 aliphatic carbocycles.